The van der Waals surface area contributed by atoms with E-state index in [4.69, 9.17) is 4.74 Å². The predicted molar refractivity (Wildman–Crippen MR) is 229 cm³/mol. The third kappa shape index (κ3) is 5.34. The van der Waals surface area contributed by atoms with Crippen LogP contribution in [-0.4, -0.2) is 0 Å². The van der Waals surface area contributed by atoms with E-state index in [1.807, 2.05) is 0 Å². The number of anilines is 6. The van der Waals surface area contributed by atoms with Crippen LogP contribution in [0.4, 0.5) is 34.1 Å². The first-order valence-electron chi connectivity index (χ1n) is 19.0. The molecular weight excluding hydrogens is 669 g/mol. The maximum Gasteiger partial charge on any atom is 0.159 e. The predicted octanol–water partition coefficient (Wildman–Crippen LogP) is 14.7. The lowest BCUT2D eigenvalue weighted by Gasteiger charge is -2.45. The number of para-hydroxylation sites is 3. The fourth-order valence-electron chi connectivity index (χ4n) is 8.62. The molecule has 0 aliphatic carbocycles. The van der Waals surface area contributed by atoms with Gasteiger partial charge in [0.1, 0.15) is 0 Å². The molecule has 0 radical (unpaired) electrons. The second-order valence-corrected chi connectivity index (χ2v) is 15.0. The largest absolute Gasteiger partial charge is 0.452 e. The zero-order valence-corrected chi connectivity index (χ0v) is 31.2. The number of hydrogen-bond acceptors (Lipinski definition) is 3. The van der Waals surface area contributed by atoms with Gasteiger partial charge in [-0.1, -0.05) is 159 Å². The quantitative estimate of drug-likeness (QED) is 0.171. The highest BCUT2D eigenvalue weighted by Gasteiger charge is 2.42. The maximum absolute atomic E-state index is 6.98. The smallest absolute Gasteiger partial charge is 0.159 e. The summed E-state index contributed by atoms with van der Waals surface area (Å²) in [6.07, 6.45) is 0. The molecule has 0 spiro atoms. The molecule has 2 aliphatic heterocycles. The van der Waals surface area contributed by atoms with Crippen LogP contribution in [0.3, 0.4) is 0 Å². The van der Waals surface area contributed by atoms with E-state index in [2.05, 4.69) is 219 Å². The van der Waals surface area contributed by atoms with E-state index in [1.165, 1.54) is 44.6 Å². The van der Waals surface area contributed by atoms with Crippen molar-refractivity contribution in [2.45, 2.75) is 26.2 Å². The zero-order valence-electron chi connectivity index (χ0n) is 31.2. The molecule has 3 heteroatoms. The van der Waals surface area contributed by atoms with Crippen molar-refractivity contribution in [1.29, 1.82) is 0 Å². The second kappa shape index (κ2) is 12.9. The number of hydrogen-bond donors (Lipinski definition) is 0. The minimum Gasteiger partial charge on any atom is -0.452 e. The topological polar surface area (TPSA) is 15.7 Å². The molecule has 0 fully saturated rings. The molecular formula is C52H40N2O. The first kappa shape index (κ1) is 32.8. The molecule has 8 aromatic carbocycles. The molecule has 55 heavy (non-hydrogen) atoms. The number of rotatable bonds is 6. The Balaban J connectivity index is 1.11. The van der Waals surface area contributed by atoms with Gasteiger partial charge in [-0.05, 0) is 88.3 Å². The lowest BCUT2D eigenvalue weighted by Crippen LogP contribution is -2.32. The summed E-state index contributed by atoms with van der Waals surface area (Å²) in [5.41, 5.74) is 17.2. The van der Waals surface area contributed by atoms with E-state index in [0.717, 1.165) is 51.1 Å². The van der Waals surface area contributed by atoms with Gasteiger partial charge in [-0.15, -0.1) is 0 Å². The normalized spacial score (nSPS) is 13.3. The summed E-state index contributed by atoms with van der Waals surface area (Å²) in [5.74, 6) is 1.77. The zero-order chi connectivity index (χ0) is 37.1. The number of fused-ring (bicyclic) bond motifs is 4. The van der Waals surface area contributed by atoms with Gasteiger partial charge in [0, 0.05) is 27.9 Å². The molecule has 0 N–H and O–H groups in total. The highest BCUT2D eigenvalue weighted by atomic mass is 16.5. The van der Waals surface area contributed by atoms with E-state index in [0.29, 0.717) is 0 Å². The van der Waals surface area contributed by atoms with Crippen molar-refractivity contribution in [3.8, 4) is 44.9 Å². The molecule has 0 bridgehead atoms. The molecule has 8 aromatic rings. The Hall–Kier alpha value is -6.84. The van der Waals surface area contributed by atoms with Crippen molar-refractivity contribution in [2.75, 3.05) is 9.80 Å². The standard InChI is InChI=1S/C52H40N2O/c1-35-15-14-24-48-49(35)54-47-23-13-11-21-44(47)52(2,3)45-34-33-43(51(55-48)50(45)54)39-27-31-41(32-28-39)53(40-29-25-37(26-30-40)36-16-6-4-7-17-36)46-22-12-10-20-42(46)38-18-8-5-9-19-38/h4-34H,1-3H3. The summed E-state index contributed by atoms with van der Waals surface area (Å²) in [6.45, 7) is 6.83. The fourth-order valence-corrected chi connectivity index (χ4v) is 8.62. The number of ether oxygens (including phenoxy) is 1. The van der Waals surface area contributed by atoms with Gasteiger partial charge in [-0.3, -0.25) is 0 Å². The van der Waals surface area contributed by atoms with Gasteiger partial charge < -0.3 is 14.5 Å². The van der Waals surface area contributed by atoms with Crippen molar-refractivity contribution < 1.29 is 4.74 Å². The van der Waals surface area contributed by atoms with Crippen molar-refractivity contribution in [3.05, 3.63) is 205 Å². The number of aryl methyl sites for hydroxylation is 1. The van der Waals surface area contributed by atoms with Gasteiger partial charge in [0.05, 0.1) is 22.7 Å². The summed E-state index contributed by atoms with van der Waals surface area (Å²) in [7, 11) is 0. The average Bonchev–Trinajstić information content (AvgIpc) is 3.24. The molecule has 0 saturated heterocycles. The Morgan fingerprint density at radius 2 is 1.04 bits per heavy atom. The summed E-state index contributed by atoms with van der Waals surface area (Å²) >= 11 is 0. The van der Waals surface area contributed by atoms with Gasteiger partial charge in [-0.25, -0.2) is 0 Å². The van der Waals surface area contributed by atoms with Gasteiger partial charge in [0.2, 0.25) is 0 Å². The van der Waals surface area contributed by atoms with Crippen LogP contribution >= 0.6 is 0 Å². The SMILES string of the molecule is Cc1cccc2c1N1c3ccccc3C(C)(C)c3ccc(-c4ccc(N(c5ccc(-c6ccccc6)cc5)c5ccccc5-c5ccccc5)cc4)c(c31)O2. The van der Waals surface area contributed by atoms with Crippen LogP contribution in [0.15, 0.2) is 188 Å². The Kier molecular flexibility index (Phi) is 7.71. The highest BCUT2D eigenvalue weighted by Crippen LogP contribution is 2.62. The average molecular weight is 709 g/mol. The van der Waals surface area contributed by atoms with Crippen LogP contribution in [-0.2, 0) is 5.41 Å². The monoisotopic (exact) mass is 708 g/mol. The van der Waals surface area contributed by atoms with Gasteiger partial charge in [0.15, 0.2) is 11.5 Å². The summed E-state index contributed by atoms with van der Waals surface area (Å²) < 4.78 is 6.98. The molecule has 0 aromatic heterocycles. The molecule has 0 unspecified atom stereocenters. The maximum atomic E-state index is 6.98. The minimum absolute atomic E-state index is 0.203. The van der Waals surface area contributed by atoms with E-state index in [9.17, 15) is 0 Å². The third-order valence-corrected chi connectivity index (χ3v) is 11.4. The number of benzene rings is 8. The van der Waals surface area contributed by atoms with Gasteiger partial charge in [-0.2, -0.15) is 0 Å². The van der Waals surface area contributed by atoms with E-state index < -0.39 is 0 Å². The summed E-state index contributed by atoms with van der Waals surface area (Å²) in [6, 6.07) is 67.5. The number of nitrogens with zero attached hydrogens (tertiary/aromatic N) is 2. The van der Waals surface area contributed by atoms with Crippen LogP contribution in [0, 0.1) is 6.92 Å². The van der Waals surface area contributed by atoms with Crippen LogP contribution in [0.1, 0.15) is 30.5 Å². The van der Waals surface area contributed by atoms with Crippen LogP contribution in [0.2, 0.25) is 0 Å². The third-order valence-electron chi connectivity index (χ3n) is 11.4. The Labute approximate surface area is 323 Å². The van der Waals surface area contributed by atoms with Gasteiger partial charge >= 0.3 is 0 Å². The minimum atomic E-state index is -0.203. The Bertz CT molecular complexity index is 2700. The second-order valence-electron chi connectivity index (χ2n) is 15.0. The molecule has 2 heterocycles. The molecule has 2 aliphatic rings. The summed E-state index contributed by atoms with van der Waals surface area (Å²) in [4.78, 5) is 4.81. The molecule has 0 amide bonds. The summed E-state index contributed by atoms with van der Waals surface area (Å²) in [5, 5.41) is 0. The Morgan fingerprint density at radius 1 is 0.455 bits per heavy atom. The highest BCUT2D eigenvalue weighted by molar-refractivity contribution is 5.98. The van der Waals surface area contributed by atoms with Crippen molar-refractivity contribution in [3.63, 3.8) is 0 Å². The molecule has 0 saturated carbocycles. The van der Waals surface area contributed by atoms with E-state index in [1.54, 1.807) is 0 Å². The first-order chi connectivity index (χ1) is 27.0. The van der Waals surface area contributed by atoms with Crippen LogP contribution in [0.5, 0.6) is 11.5 Å². The molecule has 0 atom stereocenters. The van der Waals surface area contributed by atoms with Crippen molar-refractivity contribution in [2.24, 2.45) is 0 Å². The van der Waals surface area contributed by atoms with Crippen molar-refractivity contribution >= 4 is 34.1 Å². The molecule has 264 valence electrons. The van der Waals surface area contributed by atoms with Crippen LogP contribution in [0.25, 0.3) is 33.4 Å². The Morgan fingerprint density at radius 3 is 1.76 bits per heavy atom. The van der Waals surface area contributed by atoms with Crippen LogP contribution < -0.4 is 14.5 Å². The lowest BCUT2D eigenvalue weighted by molar-refractivity contribution is 0.472. The molecule has 10 rings (SSSR count). The van der Waals surface area contributed by atoms with Gasteiger partial charge in [0.25, 0.3) is 0 Å². The fraction of sp³-hybridized carbons (Fsp3) is 0.0769. The van der Waals surface area contributed by atoms with E-state index in [-0.39, 0.29) is 5.41 Å². The molecule has 3 nitrogen and oxygen atoms in total. The first-order valence-corrected chi connectivity index (χ1v) is 19.0. The van der Waals surface area contributed by atoms with Crippen molar-refractivity contribution in [1.82, 2.24) is 0 Å². The lowest BCUT2D eigenvalue weighted by atomic mass is 9.72. The van der Waals surface area contributed by atoms with E-state index >= 15 is 0 Å².